The quantitative estimate of drug-likeness (QED) is 0.670. The lowest BCUT2D eigenvalue weighted by Crippen LogP contribution is -2.46. The zero-order valence-electron chi connectivity index (χ0n) is 13.5. The van der Waals surface area contributed by atoms with Crippen LogP contribution in [0.4, 0.5) is 5.13 Å². The molecular weight excluding hydrogens is 314 g/mol. The van der Waals surface area contributed by atoms with Crippen LogP contribution in [0.25, 0.3) is 10.8 Å². The van der Waals surface area contributed by atoms with E-state index in [0.717, 1.165) is 43.4 Å². The fraction of sp³-hybridized carbons (Fsp3) is 0.250. The Morgan fingerprint density at radius 1 is 1.00 bits per heavy atom. The molecule has 24 heavy (non-hydrogen) atoms. The maximum atomic E-state index is 4.39. The van der Waals surface area contributed by atoms with E-state index in [4.69, 9.17) is 0 Å². The van der Waals surface area contributed by atoms with Crippen molar-refractivity contribution in [2.45, 2.75) is 0 Å². The van der Waals surface area contributed by atoms with Gasteiger partial charge < -0.3 is 4.90 Å². The summed E-state index contributed by atoms with van der Waals surface area (Å²) in [5.74, 6) is 6.64. The molecule has 1 aliphatic rings. The molecule has 1 aliphatic heterocycles. The third-order valence-corrected chi connectivity index (χ3v) is 5.18. The van der Waals surface area contributed by atoms with Crippen molar-refractivity contribution in [1.82, 2.24) is 9.88 Å². The Morgan fingerprint density at radius 2 is 1.83 bits per heavy atom. The molecule has 0 atom stereocenters. The van der Waals surface area contributed by atoms with E-state index < -0.39 is 0 Å². The molecule has 1 aromatic heterocycles. The van der Waals surface area contributed by atoms with Gasteiger partial charge in [-0.3, -0.25) is 4.90 Å². The van der Waals surface area contributed by atoms with Crippen molar-refractivity contribution in [2.24, 2.45) is 0 Å². The van der Waals surface area contributed by atoms with Crippen molar-refractivity contribution in [3.05, 3.63) is 59.6 Å². The van der Waals surface area contributed by atoms with Crippen LogP contribution in [0.3, 0.4) is 0 Å². The fourth-order valence-electron chi connectivity index (χ4n) is 2.99. The Bertz CT molecular complexity index is 869. The summed E-state index contributed by atoms with van der Waals surface area (Å²) < 4.78 is 0. The minimum absolute atomic E-state index is 0.832. The average molecular weight is 333 g/mol. The standard InChI is InChI=1S/C20H19N3S/c1-2-6-19-16-17(7-8-18(19)5-1)4-3-10-22-11-13-23(14-12-22)20-21-9-15-24-20/h1-2,5-9,15-16H,10-14H2. The number of anilines is 1. The number of hydrogen-bond acceptors (Lipinski definition) is 4. The van der Waals surface area contributed by atoms with E-state index in [0.29, 0.717) is 0 Å². The molecule has 4 heteroatoms. The van der Waals surface area contributed by atoms with Crippen molar-refractivity contribution < 1.29 is 0 Å². The smallest absolute Gasteiger partial charge is 0.185 e. The van der Waals surface area contributed by atoms with Gasteiger partial charge in [-0.05, 0) is 22.9 Å². The van der Waals surface area contributed by atoms with Gasteiger partial charge in [-0.1, -0.05) is 42.2 Å². The topological polar surface area (TPSA) is 19.4 Å². The second-order valence-electron chi connectivity index (χ2n) is 5.94. The number of benzene rings is 2. The highest BCUT2D eigenvalue weighted by Gasteiger charge is 2.17. The number of thiazole rings is 1. The van der Waals surface area contributed by atoms with Crippen LogP contribution in [0.15, 0.2) is 54.0 Å². The Morgan fingerprint density at radius 3 is 2.62 bits per heavy atom. The van der Waals surface area contributed by atoms with Crippen molar-refractivity contribution in [2.75, 3.05) is 37.6 Å². The number of hydrogen-bond donors (Lipinski definition) is 0. The number of aromatic nitrogens is 1. The second kappa shape index (κ2) is 7.04. The monoisotopic (exact) mass is 333 g/mol. The first kappa shape index (κ1) is 15.2. The molecule has 1 fully saturated rings. The lowest BCUT2D eigenvalue weighted by Gasteiger charge is -2.33. The first-order valence-electron chi connectivity index (χ1n) is 8.23. The Kier molecular flexibility index (Phi) is 4.46. The molecule has 2 aromatic carbocycles. The summed E-state index contributed by atoms with van der Waals surface area (Å²) in [6.45, 7) is 4.99. The Hall–Kier alpha value is -2.35. The molecule has 3 nitrogen and oxygen atoms in total. The van der Waals surface area contributed by atoms with Gasteiger partial charge in [-0.15, -0.1) is 11.3 Å². The maximum Gasteiger partial charge on any atom is 0.185 e. The van der Waals surface area contributed by atoms with E-state index in [9.17, 15) is 0 Å². The van der Waals surface area contributed by atoms with Crippen LogP contribution in [-0.2, 0) is 0 Å². The van der Waals surface area contributed by atoms with Gasteiger partial charge >= 0.3 is 0 Å². The second-order valence-corrected chi connectivity index (χ2v) is 6.81. The summed E-state index contributed by atoms with van der Waals surface area (Å²) in [5.41, 5.74) is 1.09. The van der Waals surface area contributed by atoms with Crippen LogP contribution >= 0.6 is 11.3 Å². The normalized spacial score (nSPS) is 15.2. The van der Waals surface area contributed by atoms with Gasteiger partial charge in [0.15, 0.2) is 5.13 Å². The highest BCUT2D eigenvalue weighted by atomic mass is 32.1. The molecule has 0 N–H and O–H groups in total. The minimum Gasteiger partial charge on any atom is -0.346 e. The summed E-state index contributed by atoms with van der Waals surface area (Å²) in [4.78, 5) is 9.16. The molecule has 0 saturated carbocycles. The number of nitrogens with zero attached hydrogens (tertiary/aromatic N) is 3. The summed E-state index contributed by atoms with van der Waals surface area (Å²) in [6, 6.07) is 14.8. The van der Waals surface area contributed by atoms with Crippen molar-refractivity contribution >= 4 is 27.2 Å². The first-order valence-corrected chi connectivity index (χ1v) is 9.11. The molecule has 0 aliphatic carbocycles. The Labute approximate surface area is 146 Å². The number of piperazine rings is 1. The van der Waals surface area contributed by atoms with Crippen molar-refractivity contribution in [3.63, 3.8) is 0 Å². The van der Waals surface area contributed by atoms with Crippen LogP contribution in [0.1, 0.15) is 5.56 Å². The summed E-state index contributed by atoms with van der Waals surface area (Å²) >= 11 is 1.71. The van der Waals surface area contributed by atoms with Gasteiger partial charge in [-0.25, -0.2) is 4.98 Å². The number of rotatable bonds is 2. The van der Waals surface area contributed by atoms with Crippen LogP contribution in [0.5, 0.6) is 0 Å². The van der Waals surface area contributed by atoms with E-state index in [1.807, 2.05) is 11.6 Å². The number of fused-ring (bicyclic) bond motifs is 1. The highest BCUT2D eigenvalue weighted by Crippen LogP contribution is 2.18. The van der Waals surface area contributed by atoms with Crippen LogP contribution in [-0.4, -0.2) is 42.6 Å². The zero-order chi connectivity index (χ0) is 16.2. The molecule has 0 amide bonds. The third kappa shape index (κ3) is 3.43. The predicted octanol–water partition coefficient (Wildman–Crippen LogP) is 3.47. The molecule has 2 heterocycles. The predicted molar refractivity (Wildman–Crippen MR) is 102 cm³/mol. The summed E-state index contributed by atoms with van der Waals surface area (Å²) in [6.07, 6.45) is 1.88. The van der Waals surface area contributed by atoms with Crippen LogP contribution in [0.2, 0.25) is 0 Å². The molecule has 0 spiro atoms. The molecule has 0 radical (unpaired) electrons. The van der Waals surface area contributed by atoms with E-state index in [1.165, 1.54) is 10.8 Å². The highest BCUT2D eigenvalue weighted by molar-refractivity contribution is 7.13. The maximum absolute atomic E-state index is 4.39. The average Bonchev–Trinajstić information content (AvgIpc) is 3.17. The van der Waals surface area contributed by atoms with Gasteiger partial charge in [0.2, 0.25) is 0 Å². The van der Waals surface area contributed by atoms with E-state index >= 15 is 0 Å². The first-order chi connectivity index (χ1) is 11.9. The lowest BCUT2D eigenvalue weighted by molar-refractivity contribution is 0.288. The zero-order valence-corrected chi connectivity index (χ0v) is 14.3. The van der Waals surface area contributed by atoms with Gasteiger partial charge in [0.05, 0.1) is 6.54 Å². The van der Waals surface area contributed by atoms with Crippen molar-refractivity contribution in [1.29, 1.82) is 0 Å². The van der Waals surface area contributed by atoms with Crippen molar-refractivity contribution in [3.8, 4) is 11.8 Å². The molecule has 4 rings (SSSR count). The van der Waals surface area contributed by atoms with Crippen LogP contribution < -0.4 is 4.90 Å². The summed E-state index contributed by atoms with van der Waals surface area (Å²) in [5, 5.41) is 5.69. The van der Waals surface area contributed by atoms with E-state index in [-0.39, 0.29) is 0 Å². The lowest BCUT2D eigenvalue weighted by atomic mass is 10.1. The molecular formula is C20H19N3S. The van der Waals surface area contributed by atoms with Crippen LogP contribution in [0, 0.1) is 11.8 Å². The van der Waals surface area contributed by atoms with Gasteiger partial charge in [-0.2, -0.15) is 0 Å². The van der Waals surface area contributed by atoms with Gasteiger partial charge in [0.25, 0.3) is 0 Å². The molecule has 1 saturated heterocycles. The minimum atomic E-state index is 0.832. The van der Waals surface area contributed by atoms with Gasteiger partial charge in [0, 0.05) is 43.3 Å². The van der Waals surface area contributed by atoms with E-state index in [1.54, 1.807) is 11.3 Å². The molecule has 120 valence electrons. The Balaban J connectivity index is 1.35. The summed E-state index contributed by atoms with van der Waals surface area (Å²) in [7, 11) is 0. The molecule has 3 aromatic rings. The van der Waals surface area contributed by atoms with E-state index in [2.05, 4.69) is 69.1 Å². The SMILES string of the molecule is C(#Cc1ccc2ccccc2c1)CN1CCN(c2nccs2)CC1. The largest absolute Gasteiger partial charge is 0.346 e. The van der Waals surface area contributed by atoms with Gasteiger partial charge in [0.1, 0.15) is 0 Å². The fourth-order valence-corrected chi connectivity index (χ4v) is 3.69. The molecule has 0 unspecified atom stereocenters. The third-order valence-electron chi connectivity index (χ3n) is 4.35. The molecule has 0 bridgehead atoms.